The second-order valence-corrected chi connectivity index (χ2v) is 4.86. The van der Waals surface area contributed by atoms with E-state index in [9.17, 15) is 18.0 Å². The average Bonchev–Trinajstić information content (AvgIpc) is 2.38. The molecule has 1 aliphatic rings. The quantitative estimate of drug-likeness (QED) is 0.908. The summed E-state index contributed by atoms with van der Waals surface area (Å²) in [5.41, 5.74) is -0.953. The van der Waals surface area contributed by atoms with Gasteiger partial charge in [0, 0.05) is 31.9 Å². The Morgan fingerprint density at radius 2 is 1.71 bits per heavy atom. The first kappa shape index (κ1) is 17.6. The largest absolute Gasteiger partial charge is 0.478 e. The molecule has 1 N–H and O–H groups in total. The zero-order chi connectivity index (χ0) is 14.9. The number of hydrogen-bond donors (Lipinski definition) is 1. The van der Waals surface area contributed by atoms with Gasteiger partial charge in [-0.2, -0.15) is 13.2 Å². The molecule has 0 spiro atoms. The zero-order valence-corrected chi connectivity index (χ0v) is 12.2. The SMILES string of the molecule is CN1CCN(c2cc(C(=O)O)cc(C(F)(F)F)c2)CC1.Cl. The molecule has 1 fully saturated rings. The van der Waals surface area contributed by atoms with E-state index in [1.807, 2.05) is 7.05 Å². The predicted molar refractivity (Wildman–Crippen MR) is 75.4 cm³/mol. The highest BCUT2D eigenvalue weighted by atomic mass is 35.5. The molecule has 1 aromatic carbocycles. The van der Waals surface area contributed by atoms with E-state index < -0.39 is 17.7 Å². The standard InChI is InChI=1S/C13H15F3N2O2.ClH/c1-17-2-4-18(5-3-17)11-7-9(12(19)20)6-10(8-11)13(14,15)16;/h6-8H,2-5H2,1H3,(H,19,20);1H. The molecule has 118 valence electrons. The molecule has 0 saturated carbocycles. The van der Waals surface area contributed by atoms with Crippen LogP contribution < -0.4 is 4.90 Å². The van der Waals surface area contributed by atoms with E-state index in [4.69, 9.17) is 5.11 Å². The van der Waals surface area contributed by atoms with Crippen molar-refractivity contribution in [3.8, 4) is 0 Å². The summed E-state index contributed by atoms with van der Waals surface area (Å²) in [5.74, 6) is -1.36. The molecular formula is C13H16ClF3N2O2. The van der Waals surface area contributed by atoms with E-state index >= 15 is 0 Å². The molecule has 0 atom stereocenters. The van der Waals surface area contributed by atoms with Gasteiger partial charge in [0.25, 0.3) is 0 Å². The highest BCUT2D eigenvalue weighted by Gasteiger charge is 2.32. The molecule has 0 unspecified atom stereocenters. The number of hydrogen-bond acceptors (Lipinski definition) is 3. The summed E-state index contributed by atoms with van der Waals surface area (Å²) >= 11 is 0. The first-order chi connectivity index (χ1) is 9.27. The Hall–Kier alpha value is -1.47. The van der Waals surface area contributed by atoms with Gasteiger partial charge in [0.2, 0.25) is 0 Å². The van der Waals surface area contributed by atoms with Crippen LogP contribution in [0.25, 0.3) is 0 Å². The Morgan fingerprint density at radius 3 is 2.19 bits per heavy atom. The Morgan fingerprint density at radius 1 is 1.14 bits per heavy atom. The minimum absolute atomic E-state index is 0. The van der Waals surface area contributed by atoms with Crippen molar-refractivity contribution in [2.75, 3.05) is 38.1 Å². The second kappa shape index (κ2) is 6.53. The fourth-order valence-corrected chi connectivity index (χ4v) is 2.15. The maximum Gasteiger partial charge on any atom is 0.416 e. The first-order valence-electron chi connectivity index (χ1n) is 6.16. The lowest BCUT2D eigenvalue weighted by Crippen LogP contribution is -2.44. The summed E-state index contributed by atoms with van der Waals surface area (Å²) in [4.78, 5) is 14.8. The van der Waals surface area contributed by atoms with E-state index in [0.29, 0.717) is 24.8 Å². The number of carboxylic acids is 1. The van der Waals surface area contributed by atoms with Crippen molar-refractivity contribution >= 4 is 24.1 Å². The molecule has 1 heterocycles. The van der Waals surface area contributed by atoms with Crippen LogP contribution in [0.5, 0.6) is 0 Å². The Kier molecular flexibility index (Phi) is 5.47. The van der Waals surface area contributed by atoms with E-state index in [1.54, 1.807) is 4.90 Å². The number of carbonyl (C=O) groups is 1. The average molecular weight is 325 g/mol. The highest BCUT2D eigenvalue weighted by Crippen LogP contribution is 2.33. The number of rotatable bonds is 2. The van der Waals surface area contributed by atoms with E-state index in [1.165, 1.54) is 6.07 Å². The number of carboxylic acid groups (broad SMARTS) is 1. The van der Waals surface area contributed by atoms with Crippen molar-refractivity contribution in [3.63, 3.8) is 0 Å². The number of anilines is 1. The van der Waals surface area contributed by atoms with E-state index in [2.05, 4.69) is 4.90 Å². The molecule has 1 aromatic rings. The molecule has 0 radical (unpaired) electrons. The fourth-order valence-electron chi connectivity index (χ4n) is 2.15. The minimum atomic E-state index is -4.55. The van der Waals surface area contributed by atoms with Gasteiger partial charge in [-0.05, 0) is 25.2 Å². The summed E-state index contributed by atoms with van der Waals surface area (Å²) in [6, 6.07) is 2.97. The molecule has 0 bridgehead atoms. The van der Waals surface area contributed by atoms with Crippen molar-refractivity contribution in [2.45, 2.75) is 6.18 Å². The van der Waals surface area contributed by atoms with Gasteiger partial charge in [-0.15, -0.1) is 12.4 Å². The van der Waals surface area contributed by atoms with Gasteiger partial charge in [0.05, 0.1) is 11.1 Å². The summed E-state index contributed by atoms with van der Waals surface area (Å²) in [7, 11) is 1.94. The second-order valence-electron chi connectivity index (χ2n) is 4.86. The lowest BCUT2D eigenvalue weighted by Gasteiger charge is -2.34. The Labute approximate surface area is 126 Å². The smallest absolute Gasteiger partial charge is 0.416 e. The highest BCUT2D eigenvalue weighted by molar-refractivity contribution is 5.89. The molecule has 0 aliphatic carbocycles. The van der Waals surface area contributed by atoms with Crippen molar-refractivity contribution in [3.05, 3.63) is 29.3 Å². The summed E-state index contributed by atoms with van der Waals surface area (Å²) in [6.45, 7) is 2.63. The van der Waals surface area contributed by atoms with Crippen LogP contribution in [0.15, 0.2) is 18.2 Å². The third-order valence-electron chi connectivity index (χ3n) is 3.36. The van der Waals surface area contributed by atoms with Crippen LogP contribution >= 0.6 is 12.4 Å². The zero-order valence-electron chi connectivity index (χ0n) is 11.4. The summed E-state index contributed by atoms with van der Waals surface area (Å²) < 4.78 is 38.5. The molecule has 21 heavy (non-hydrogen) atoms. The normalized spacial score (nSPS) is 16.5. The van der Waals surface area contributed by atoms with Gasteiger partial charge in [0.1, 0.15) is 0 Å². The molecule has 0 amide bonds. The number of piperazine rings is 1. The molecule has 1 saturated heterocycles. The van der Waals surface area contributed by atoms with Gasteiger partial charge < -0.3 is 14.9 Å². The maximum atomic E-state index is 12.8. The van der Waals surface area contributed by atoms with Crippen LogP contribution in [-0.4, -0.2) is 49.2 Å². The number of aromatic carboxylic acids is 1. The van der Waals surface area contributed by atoms with Crippen LogP contribution in [0, 0.1) is 0 Å². The number of nitrogens with zero attached hydrogens (tertiary/aromatic N) is 2. The van der Waals surface area contributed by atoms with Crippen LogP contribution in [0.3, 0.4) is 0 Å². The van der Waals surface area contributed by atoms with Gasteiger partial charge in [-0.3, -0.25) is 0 Å². The van der Waals surface area contributed by atoms with Gasteiger partial charge in [-0.1, -0.05) is 0 Å². The van der Waals surface area contributed by atoms with E-state index in [0.717, 1.165) is 19.2 Å². The number of benzene rings is 1. The van der Waals surface area contributed by atoms with Gasteiger partial charge in [0.15, 0.2) is 0 Å². The number of alkyl halides is 3. The molecule has 8 heteroatoms. The third kappa shape index (κ3) is 4.25. The molecular weight excluding hydrogens is 309 g/mol. The Balaban J connectivity index is 0.00000220. The van der Waals surface area contributed by atoms with Gasteiger partial charge in [-0.25, -0.2) is 4.79 Å². The van der Waals surface area contributed by atoms with Crippen LogP contribution in [0.1, 0.15) is 15.9 Å². The maximum absolute atomic E-state index is 12.8. The van der Waals surface area contributed by atoms with E-state index in [-0.39, 0.29) is 18.0 Å². The van der Waals surface area contributed by atoms with Gasteiger partial charge >= 0.3 is 12.1 Å². The van der Waals surface area contributed by atoms with Crippen molar-refractivity contribution in [1.29, 1.82) is 0 Å². The fraction of sp³-hybridized carbons (Fsp3) is 0.462. The van der Waals surface area contributed by atoms with Crippen LogP contribution in [-0.2, 0) is 6.18 Å². The number of likely N-dealkylation sites (N-methyl/N-ethyl adjacent to an activating group) is 1. The van der Waals surface area contributed by atoms with Crippen molar-refractivity contribution in [2.24, 2.45) is 0 Å². The summed E-state index contributed by atoms with van der Waals surface area (Å²) in [6.07, 6.45) is -4.55. The van der Waals surface area contributed by atoms with Crippen molar-refractivity contribution in [1.82, 2.24) is 4.90 Å². The lowest BCUT2D eigenvalue weighted by atomic mass is 10.1. The molecule has 1 aliphatic heterocycles. The molecule has 4 nitrogen and oxygen atoms in total. The summed E-state index contributed by atoms with van der Waals surface area (Å²) in [5, 5.41) is 8.95. The third-order valence-corrected chi connectivity index (χ3v) is 3.36. The minimum Gasteiger partial charge on any atom is -0.478 e. The van der Waals surface area contributed by atoms with Crippen LogP contribution in [0.2, 0.25) is 0 Å². The topological polar surface area (TPSA) is 43.8 Å². The van der Waals surface area contributed by atoms with Crippen LogP contribution in [0.4, 0.5) is 18.9 Å². The Bertz CT molecular complexity index is 515. The number of halogens is 4. The lowest BCUT2D eigenvalue weighted by molar-refractivity contribution is -0.137. The van der Waals surface area contributed by atoms with Crippen molar-refractivity contribution < 1.29 is 23.1 Å². The monoisotopic (exact) mass is 324 g/mol. The first-order valence-corrected chi connectivity index (χ1v) is 6.16. The molecule has 2 rings (SSSR count). The molecule has 0 aromatic heterocycles. The predicted octanol–water partition coefficient (Wildman–Crippen LogP) is 2.58.